The number of para-hydroxylation sites is 2. The van der Waals surface area contributed by atoms with Gasteiger partial charge in [0.05, 0.1) is 17.1 Å². The summed E-state index contributed by atoms with van der Waals surface area (Å²) in [7, 11) is 0. The first-order valence-corrected chi connectivity index (χ1v) is 6.80. The molecule has 0 fully saturated rings. The van der Waals surface area contributed by atoms with Crippen molar-refractivity contribution in [2.75, 3.05) is 18.9 Å². The number of nitrogen functional groups attached to an aromatic ring is 1. The fourth-order valence-corrected chi connectivity index (χ4v) is 2.37. The molecule has 0 unspecified atom stereocenters. The first kappa shape index (κ1) is 13.4. The van der Waals surface area contributed by atoms with Crippen molar-refractivity contribution in [3.05, 3.63) is 46.2 Å². The van der Waals surface area contributed by atoms with Gasteiger partial charge < -0.3 is 15.8 Å². The molecule has 4 nitrogen and oxygen atoms in total. The van der Waals surface area contributed by atoms with Crippen LogP contribution in [0.3, 0.4) is 0 Å². The van der Waals surface area contributed by atoms with E-state index in [1.807, 2.05) is 31.2 Å². The molecule has 3 N–H and O–H groups in total. The summed E-state index contributed by atoms with van der Waals surface area (Å²) in [6, 6.07) is 11.1. The molecule has 0 radical (unpaired) electrons. The molecule has 0 atom stereocenters. The first-order chi connectivity index (χ1) is 9.16. The first-order valence-electron chi connectivity index (χ1n) is 5.99. The van der Waals surface area contributed by atoms with Crippen molar-refractivity contribution < 1.29 is 9.53 Å². The lowest BCUT2D eigenvalue weighted by Crippen LogP contribution is -2.27. The Labute approximate surface area is 116 Å². The fourth-order valence-electron chi connectivity index (χ4n) is 1.58. The number of hydrogen-bond acceptors (Lipinski definition) is 4. The predicted octanol–water partition coefficient (Wildman–Crippen LogP) is 2.45. The normalized spacial score (nSPS) is 10.2. The molecule has 0 bridgehead atoms. The van der Waals surface area contributed by atoms with Gasteiger partial charge in [-0.1, -0.05) is 12.1 Å². The minimum atomic E-state index is -0.0669. The Morgan fingerprint density at radius 2 is 2.11 bits per heavy atom. The Morgan fingerprint density at radius 1 is 1.32 bits per heavy atom. The molecular weight excluding hydrogens is 260 g/mol. The zero-order valence-corrected chi connectivity index (χ0v) is 11.5. The molecule has 0 spiro atoms. The van der Waals surface area contributed by atoms with Gasteiger partial charge in [0.2, 0.25) is 0 Å². The number of anilines is 1. The number of benzene rings is 1. The second kappa shape index (κ2) is 6.24. The molecule has 5 heteroatoms. The molecule has 100 valence electrons. The van der Waals surface area contributed by atoms with Gasteiger partial charge in [0, 0.05) is 4.88 Å². The number of thiophene rings is 1. The molecule has 2 aromatic rings. The highest BCUT2D eigenvalue weighted by Crippen LogP contribution is 2.19. The number of aryl methyl sites for hydroxylation is 1. The highest BCUT2D eigenvalue weighted by Gasteiger charge is 2.07. The van der Waals surface area contributed by atoms with Crippen molar-refractivity contribution in [2.45, 2.75) is 6.92 Å². The average Bonchev–Trinajstić information content (AvgIpc) is 2.83. The Bertz CT molecular complexity index is 566. The minimum Gasteiger partial charge on any atom is -0.490 e. The second-order valence-electron chi connectivity index (χ2n) is 4.05. The van der Waals surface area contributed by atoms with E-state index in [9.17, 15) is 4.79 Å². The Balaban J connectivity index is 1.75. The molecule has 0 saturated heterocycles. The number of nitrogens with two attached hydrogens (primary N) is 1. The monoisotopic (exact) mass is 276 g/mol. The zero-order valence-electron chi connectivity index (χ0n) is 10.7. The predicted molar refractivity (Wildman–Crippen MR) is 77.7 cm³/mol. The van der Waals surface area contributed by atoms with Crippen LogP contribution in [0.2, 0.25) is 0 Å². The molecule has 19 heavy (non-hydrogen) atoms. The van der Waals surface area contributed by atoms with Crippen molar-refractivity contribution in [3.8, 4) is 5.75 Å². The lowest BCUT2D eigenvalue weighted by atomic mass is 10.3. The summed E-state index contributed by atoms with van der Waals surface area (Å²) in [4.78, 5) is 13.6. The van der Waals surface area contributed by atoms with Gasteiger partial charge in [-0.2, -0.15) is 0 Å². The summed E-state index contributed by atoms with van der Waals surface area (Å²) < 4.78 is 5.49. The summed E-state index contributed by atoms with van der Waals surface area (Å²) >= 11 is 1.48. The van der Waals surface area contributed by atoms with Gasteiger partial charge in [-0.25, -0.2) is 0 Å². The van der Waals surface area contributed by atoms with Crippen LogP contribution in [0, 0.1) is 6.92 Å². The smallest absolute Gasteiger partial charge is 0.261 e. The van der Waals surface area contributed by atoms with E-state index in [0.29, 0.717) is 24.6 Å². The molecule has 0 aliphatic carbocycles. The molecule has 1 aromatic heterocycles. The summed E-state index contributed by atoms with van der Waals surface area (Å²) in [5, 5.41) is 2.81. The summed E-state index contributed by atoms with van der Waals surface area (Å²) in [5.74, 6) is 0.575. The number of hydrogen-bond donors (Lipinski definition) is 2. The highest BCUT2D eigenvalue weighted by atomic mass is 32.1. The van der Waals surface area contributed by atoms with E-state index in [1.165, 1.54) is 11.3 Å². The minimum absolute atomic E-state index is 0.0669. The topological polar surface area (TPSA) is 64.3 Å². The molecule has 1 aromatic carbocycles. The molecule has 1 amide bonds. The number of ether oxygens (including phenoxy) is 1. The van der Waals surface area contributed by atoms with Crippen molar-refractivity contribution in [2.24, 2.45) is 0 Å². The van der Waals surface area contributed by atoms with Gasteiger partial charge in [-0.15, -0.1) is 11.3 Å². The van der Waals surface area contributed by atoms with E-state index in [0.717, 1.165) is 9.75 Å². The summed E-state index contributed by atoms with van der Waals surface area (Å²) in [6.07, 6.45) is 0. The number of nitrogens with one attached hydrogen (secondary N) is 1. The third-order valence-corrected chi connectivity index (χ3v) is 3.53. The van der Waals surface area contributed by atoms with Gasteiger partial charge in [-0.3, -0.25) is 4.79 Å². The van der Waals surface area contributed by atoms with E-state index in [4.69, 9.17) is 10.5 Å². The standard InChI is InChI=1S/C14H16N2O2S/c1-10-6-7-13(19-10)14(17)16-8-9-18-12-5-3-2-4-11(12)15/h2-7H,8-9,15H2,1H3,(H,16,17). The van der Waals surface area contributed by atoms with E-state index < -0.39 is 0 Å². The highest BCUT2D eigenvalue weighted by molar-refractivity contribution is 7.13. The molecule has 0 aliphatic heterocycles. The van der Waals surface area contributed by atoms with Crippen molar-refractivity contribution in [1.29, 1.82) is 0 Å². The summed E-state index contributed by atoms with van der Waals surface area (Å²) in [5.41, 5.74) is 6.35. The van der Waals surface area contributed by atoms with Crippen LogP contribution >= 0.6 is 11.3 Å². The van der Waals surface area contributed by atoms with Gasteiger partial charge >= 0.3 is 0 Å². The Hall–Kier alpha value is -2.01. The van der Waals surface area contributed by atoms with E-state index in [1.54, 1.807) is 12.1 Å². The number of rotatable bonds is 5. The van der Waals surface area contributed by atoms with Crippen LogP contribution in [-0.4, -0.2) is 19.1 Å². The van der Waals surface area contributed by atoms with Crippen LogP contribution in [-0.2, 0) is 0 Å². The number of carbonyl (C=O) groups excluding carboxylic acids is 1. The quantitative estimate of drug-likeness (QED) is 0.651. The zero-order chi connectivity index (χ0) is 13.7. The van der Waals surface area contributed by atoms with Crippen LogP contribution in [0.1, 0.15) is 14.5 Å². The van der Waals surface area contributed by atoms with Gasteiger partial charge in [0.1, 0.15) is 12.4 Å². The van der Waals surface area contributed by atoms with E-state index >= 15 is 0 Å². The van der Waals surface area contributed by atoms with Crippen molar-refractivity contribution >= 4 is 22.9 Å². The average molecular weight is 276 g/mol. The van der Waals surface area contributed by atoms with E-state index in [2.05, 4.69) is 5.32 Å². The molecule has 0 saturated carbocycles. The van der Waals surface area contributed by atoms with Crippen LogP contribution in [0.4, 0.5) is 5.69 Å². The van der Waals surface area contributed by atoms with Crippen molar-refractivity contribution in [3.63, 3.8) is 0 Å². The van der Waals surface area contributed by atoms with Crippen LogP contribution in [0.25, 0.3) is 0 Å². The molecular formula is C14H16N2O2S. The third-order valence-electron chi connectivity index (χ3n) is 2.53. The van der Waals surface area contributed by atoms with Crippen LogP contribution in [0.15, 0.2) is 36.4 Å². The summed E-state index contributed by atoms with van der Waals surface area (Å²) in [6.45, 7) is 2.82. The maximum atomic E-state index is 11.8. The van der Waals surface area contributed by atoms with Gasteiger partial charge in [0.15, 0.2) is 0 Å². The molecule has 2 rings (SSSR count). The maximum absolute atomic E-state index is 11.8. The van der Waals surface area contributed by atoms with Crippen molar-refractivity contribution in [1.82, 2.24) is 5.32 Å². The molecule has 1 heterocycles. The van der Waals surface area contributed by atoms with Crippen LogP contribution < -0.4 is 15.8 Å². The Kier molecular flexibility index (Phi) is 4.41. The van der Waals surface area contributed by atoms with E-state index in [-0.39, 0.29) is 5.91 Å². The largest absolute Gasteiger partial charge is 0.490 e. The molecule has 0 aliphatic rings. The van der Waals surface area contributed by atoms with Gasteiger partial charge in [-0.05, 0) is 31.2 Å². The third kappa shape index (κ3) is 3.72. The maximum Gasteiger partial charge on any atom is 0.261 e. The SMILES string of the molecule is Cc1ccc(C(=O)NCCOc2ccccc2N)s1. The van der Waals surface area contributed by atoms with Crippen LogP contribution in [0.5, 0.6) is 5.75 Å². The lowest BCUT2D eigenvalue weighted by Gasteiger charge is -2.08. The van der Waals surface area contributed by atoms with Gasteiger partial charge in [0.25, 0.3) is 5.91 Å². The number of amides is 1. The fraction of sp³-hybridized carbons (Fsp3) is 0.214. The second-order valence-corrected chi connectivity index (χ2v) is 5.34. The number of carbonyl (C=O) groups is 1. The Morgan fingerprint density at radius 3 is 2.79 bits per heavy atom. The lowest BCUT2D eigenvalue weighted by molar-refractivity contribution is 0.0951.